The monoisotopic (exact) mass is 463 g/mol. The number of carbonyl (C=O) groups excluding carboxylic acids is 1. The van der Waals surface area contributed by atoms with Crippen LogP contribution >= 0.6 is 15.9 Å². The van der Waals surface area contributed by atoms with Crippen molar-refractivity contribution < 1.29 is 17.9 Å². The number of hydrogen-bond donors (Lipinski definition) is 0. The molecule has 1 saturated heterocycles. The van der Waals surface area contributed by atoms with E-state index in [-0.39, 0.29) is 23.5 Å². The van der Waals surface area contributed by atoms with Crippen LogP contribution in [-0.4, -0.2) is 43.9 Å². The standard InChI is InChI=1S/C21H22BrNO4S/c1-27-20-8-5-16(6-9-20)7-10-21(24)23(19-11-12-28(25,26)15-19)14-17-3-2-4-18(22)13-17/h2-10,13,19H,11-12,14-15H2,1H3/b10-7+. The first-order valence-corrected chi connectivity index (χ1v) is 11.6. The predicted molar refractivity (Wildman–Crippen MR) is 114 cm³/mol. The molecule has 0 saturated carbocycles. The number of carbonyl (C=O) groups is 1. The van der Waals surface area contributed by atoms with Crippen molar-refractivity contribution in [3.8, 4) is 5.75 Å². The van der Waals surface area contributed by atoms with E-state index in [0.717, 1.165) is 21.3 Å². The zero-order chi connectivity index (χ0) is 20.1. The lowest BCUT2D eigenvalue weighted by Gasteiger charge is -2.27. The Bertz CT molecular complexity index is 970. The highest BCUT2D eigenvalue weighted by Gasteiger charge is 2.34. The van der Waals surface area contributed by atoms with E-state index >= 15 is 0 Å². The number of rotatable bonds is 6. The van der Waals surface area contributed by atoms with Crippen LogP contribution in [0.15, 0.2) is 59.1 Å². The minimum absolute atomic E-state index is 0.0170. The molecule has 1 fully saturated rings. The zero-order valence-electron chi connectivity index (χ0n) is 15.5. The van der Waals surface area contributed by atoms with Crippen LogP contribution in [0.5, 0.6) is 5.75 Å². The molecule has 2 aromatic carbocycles. The van der Waals surface area contributed by atoms with Crippen molar-refractivity contribution in [1.29, 1.82) is 0 Å². The first-order valence-electron chi connectivity index (χ1n) is 8.94. The lowest BCUT2D eigenvalue weighted by molar-refractivity contribution is -0.128. The van der Waals surface area contributed by atoms with Gasteiger partial charge in [-0.3, -0.25) is 4.79 Å². The quantitative estimate of drug-likeness (QED) is 0.612. The Kier molecular flexibility index (Phi) is 6.57. The van der Waals surface area contributed by atoms with Crippen LogP contribution in [0.25, 0.3) is 6.08 Å². The molecule has 0 bridgehead atoms. The molecule has 28 heavy (non-hydrogen) atoms. The van der Waals surface area contributed by atoms with Gasteiger partial charge in [-0.15, -0.1) is 0 Å². The summed E-state index contributed by atoms with van der Waals surface area (Å²) in [6, 6.07) is 14.8. The number of benzene rings is 2. The van der Waals surface area contributed by atoms with Crippen LogP contribution in [-0.2, 0) is 21.2 Å². The molecule has 7 heteroatoms. The van der Waals surface area contributed by atoms with Crippen molar-refractivity contribution in [2.75, 3.05) is 18.6 Å². The number of halogens is 1. The van der Waals surface area contributed by atoms with Crippen LogP contribution < -0.4 is 4.74 Å². The van der Waals surface area contributed by atoms with Crippen LogP contribution in [0.1, 0.15) is 17.5 Å². The highest BCUT2D eigenvalue weighted by Crippen LogP contribution is 2.22. The third-order valence-electron chi connectivity index (χ3n) is 4.71. The second kappa shape index (κ2) is 8.92. The highest BCUT2D eigenvalue weighted by atomic mass is 79.9. The maximum Gasteiger partial charge on any atom is 0.247 e. The number of amides is 1. The first kappa shape index (κ1) is 20.6. The van der Waals surface area contributed by atoms with E-state index in [1.54, 1.807) is 18.1 Å². The fraction of sp³-hybridized carbons (Fsp3) is 0.286. The fourth-order valence-electron chi connectivity index (χ4n) is 3.22. The molecule has 1 atom stereocenters. The van der Waals surface area contributed by atoms with Crippen molar-refractivity contribution in [2.24, 2.45) is 0 Å². The number of hydrogen-bond acceptors (Lipinski definition) is 4. The molecule has 1 heterocycles. The van der Waals surface area contributed by atoms with E-state index in [2.05, 4.69) is 15.9 Å². The third kappa shape index (κ3) is 5.45. The van der Waals surface area contributed by atoms with Crippen LogP contribution in [0.2, 0.25) is 0 Å². The van der Waals surface area contributed by atoms with Gasteiger partial charge in [0.15, 0.2) is 9.84 Å². The van der Waals surface area contributed by atoms with Gasteiger partial charge in [0.25, 0.3) is 0 Å². The Morgan fingerprint density at radius 3 is 2.61 bits per heavy atom. The summed E-state index contributed by atoms with van der Waals surface area (Å²) in [5.74, 6) is 0.694. The molecule has 1 amide bonds. The maximum absolute atomic E-state index is 12.9. The smallest absolute Gasteiger partial charge is 0.247 e. The van der Waals surface area contributed by atoms with Gasteiger partial charge in [-0.05, 0) is 47.9 Å². The number of nitrogens with zero attached hydrogens (tertiary/aromatic N) is 1. The topological polar surface area (TPSA) is 63.7 Å². The van der Waals surface area contributed by atoms with Gasteiger partial charge < -0.3 is 9.64 Å². The highest BCUT2D eigenvalue weighted by molar-refractivity contribution is 9.10. The summed E-state index contributed by atoms with van der Waals surface area (Å²) in [5, 5.41) is 0. The van der Waals surface area contributed by atoms with E-state index in [9.17, 15) is 13.2 Å². The van der Waals surface area contributed by atoms with Crippen LogP contribution in [0.4, 0.5) is 0 Å². The molecule has 0 aliphatic carbocycles. The molecule has 1 unspecified atom stereocenters. The normalized spacial score (nSPS) is 18.3. The van der Waals surface area contributed by atoms with Crippen molar-refractivity contribution in [1.82, 2.24) is 4.90 Å². The molecule has 0 N–H and O–H groups in total. The molecular formula is C21H22BrNO4S. The maximum atomic E-state index is 12.9. The lowest BCUT2D eigenvalue weighted by Crippen LogP contribution is -2.39. The van der Waals surface area contributed by atoms with E-state index in [1.807, 2.05) is 48.5 Å². The van der Waals surface area contributed by atoms with E-state index in [1.165, 1.54) is 6.08 Å². The average Bonchev–Trinajstić information content (AvgIpc) is 3.04. The summed E-state index contributed by atoms with van der Waals surface area (Å²) in [6.07, 6.45) is 3.71. The third-order valence-corrected chi connectivity index (χ3v) is 6.95. The molecule has 5 nitrogen and oxygen atoms in total. The summed E-state index contributed by atoms with van der Waals surface area (Å²) in [7, 11) is -1.49. The summed E-state index contributed by atoms with van der Waals surface area (Å²) in [4.78, 5) is 14.6. The Hall–Kier alpha value is -2.12. The Morgan fingerprint density at radius 2 is 2.00 bits per heavy atom. The minimum Gasteiger partial charge on any atom is -0.497 e. The Labute approximate surface area is 174 Å². The molecule has 0 radical (unpaired) electrons. The predicted octanol–water partition coefficient (Wildman–Crippen LogP) is 3.69. The summed E-state index contributed by atoms with van der Waals surface area (Å²) >= 11 is 3.44. The van der Waals surface area contributed by atoms with E-state index < -0.39 is 9.84 Å². The molecule has 3 rings (SSSR count). The van der Waals surface area contributed by atoms with Crippen molar-refractivity contribution in [3.63, 3.8) is 0 Å². The van der Waals surface area contributed by atoms with Gasteiger partial charge in [-0.1, -0.05) is 40.2 Å². The van der Waals surface area contributed by atoms with E-state index in [4.69, 9.17) is 4.74 Å². The summed E-state index contributed by atoms with van der Waals surface area (Å²) in [5.41, 5.74) is 1.82. The van der Waals surface area contributed by atoms with Crippen molar-refractivity contribution >= 4 is 37.8 Å². The molecule has 1 aliphatic rings. The van der Waals surface area contributed by atoms with Crippen LogP contribution in [0.3, 0.4) is 0 Å². The summed E-state index contributed by atoms with van der Waals surface area (Å²) < 4.78 is 29.9. The van der Waals surface area contributed by atoms with Gasteiger partial charge in [0.2, 0.25) is 5.91 Å². The molecule has 1 aliphatic heterocycles. The average molecular weight is 464 g/mol. The fourth-order valence-corrected chi connectivity index (χ4v) is 5.40. The molecule has 2 aromatic rings. The van der Waals surface area contributed by atoms with Gasteiger partial charge in [0.05, 0.1) is 18.6 Å². The van der Waals surface area contributed by atoms with Gasteiger partial charge >= 0.3 is 0 Å². The Morgan fingerprint density at radius 1 is 1.25 bits per heavy atom. The number of methoxy groups -OCH3 is 1. The minimum atomic E-state index is -3.09. The molecule has 148 valence electrons. The van der Waals surface area contributed by atoms with Gasteiger partial charge in [-0.2, -0.15) is 0 Å². The second-order valence-corrected chi connectivity index (χ2v) is 9.90. The van der Waals surface area contributed by atoms with E-state index in [0.29, 0.717) is 13.0 Å². The first-order chi connectivity index (χ1) is 13.4. The SMILES string of the molecule is COc1ccc(/C=C/C(=O)N(Cc2cccc(Br)c2)C2CCS(=O)(=O)C2)cc1. The second-order valence-electron chi connectivity index (χ2n) is 6.76. The molecular weight excluding hydrogens is 442 g/mol. The molecule has 0 aromatic heterocycles. The summed E-state index contributed by atoms with van der Waals surface area (Å²) in [6.45, 7) is 0.366. The van der Waals surface area contributed by atoms with Crippen molar-refractivity contribution in [3.05, 3.63) is 70.2 Å². The molecule has 0 spiro atoms. The van der Waals surface area contributed by atoms with Crippen molar-refractivity contribution in [2.45, 2.75) is 19.0 Å². The number of sulfone groups is 1. The van der Waals surface area contributed by atoms with Gasteiger partial charge in [-0.25, -0.2) is 8.42 Å². The van der Waals surface area contributed by atoms with Crippen LogP contribution in [0, 0.1) is 0 Å². The number of ether oxygens (including phenoxy) is 1. The zero-order valence-corrected chi connectivity index (χ0v) is 17.9. The van der Waals surface area contributed by atoms with Gasteiger partial charge in [0, 0.05) is 23.1 Å². The Balaban J connectivity index is 1.80. The lowest BCUT2D eigenvalue weighted by atomic mass is 10.1. The van der Waals surface area contributed by atoms with Gasteiger partial charge in [0.1, 0.15) is 5.75 Å². The largest absolute Gasteiger partial charge is 0.497 e.